The number of benzene rings is 1. The van der Waals surface area contributed by atoms with Crippen molar-refractivity contribution in [3.8, 4) is 0 Å². The Kier molecular flexibility index (Phi) is 4.56. The summed E-state index contributed by atoms with van der Waals surface area (Å²) in [7, 11) is 0. The molecule has 0 aromatic heterocycles. The van der Waals surface area contributed by atoms with Crippen LogP contribution in [0.15, 0.2) is 35.9 Å². The molecule has 19 heavy (non-hydrogen) atoms. The molecule has 0 spiro atoms. The number of halogens is 4. The lowest BCUT2D eigenvalue weighted by molar-refractivity contribution is -0.137. The van der Waals surface area contributed by atoms with E-state index in [0.29, 0.717) is 11.8 Å². The topological polar surface area (TPSA) is 0 Å². The Morgan fingerprint density at radius 1 is 1.00 bits per heavy atom. The van der Waals surface area contributed by atoms with E-state index in [0.717, 1.165) is 31.2 Å². The monoisotopic (exact) mass is 288 g/mol. The van der Waals surface area contributed by atoms with E-state index in [1.54, 1.807) is 17.7 Å². The van der Waals surface area contributed by atoms with Gasteiger partial charge in [-0.2, -0.15) is 13.2 Å². The number of allylic oxidation sites excluding steroid dienone is 1. The molecule has 0 heterocycles. The lowest BCUT2D eigenvalue weighted by Gasteiger charge is -2.27. The van der Waals surface area contributed by atoms with E-state index in [4.69, 9.17) is 11.6 Å². The van der Waals surface area contributed by atoms with Crippen molar-refractivity contribution in [3.63, 3.8) is 0 Å². The van der Waals surface area contributed by atoms with Gasteiger partial charge in [-0.05, 0) is 55.2 Å². The predicted molar refractivity (Wildman–Crippen MR) is 71.1 cm³/mol. The van der Waals surface area contributed by atoms with Crippen molar-refractivity contribution in [2.75, 3.05) is 0 Å². The van der Waals surface area contributed by atoms with Gasteiger partial charge < -0.3 is 0 Å². The molecule has 0 aliphatic heterocycles. The van der Waals surface area contributed by atoms with Crippen LogP contribution < -0.4 is 0 Å². The van der Waals surface area contributed by atoms with Crippen LogP contribution in [-0.4, -0.2) is 0 Å². The van der Waals surface area contributed by atoms with Crippen LogP contribution in [0.3, 0.4) is 0 Å². The molecule has 1 saturated carbocycles. The van der Waals surface area contributed by atoms with Gasteiger partial charge in [0.25, 0.3) is 0 Å². The van der Waals surface area contributed by atoms with Crippen molar-refractivity contribution in [3.05, 3.63) is 47.0 Å². The van der Waals surface area contributed by atoms with Crippen LogP contribution in [0.2, 0.25) is 0 Å². The third-order valence-corrected chi connectivity index (χ3v) is 3.97. The van der Waals surface area contributed by atoms with Crippen LogP contribution >= 0.6 is 11.6 Å². The second kappa shape index (κ2) is 6.00. The summed E-state index contributed by atoms with van der Waals surface area (Å²) in [4.78, 5) is 0. The van der Waals surface area contributed by atoms with Crippen LogP contribution in [0.4, 0.5) is 13.2 Å². The third kappa shape index (κ3) is 3.75. The molecule has 0 unspecified atom stereocenters. The van der Waals surface area contributed by atoms with E-state index in [9.17, 15) is 13.2 Å². The first-order valence-corrected chi connectivity index (χ1v) is 6.88. The molecule has 2 rings (SSSR count). The number of hydrogen-bond acceptors (Lipinski definition) is 0. The minimum Gasteiger partial charge on any atom is -0.166 e. The van der Waals surface area contributed by atoms with Gasteiger partial charge in [-0.15, -0.1) is 0 Å². The Morgan fingerprint density at radius 2 is 1.58 bits per heavy atom. The largest absolute Gasteiger partial charge is 0.416 e. The van der Waals surface area contributed by atoms with E-state index < -0.39 is 11.7 Å². The molecule has 4 heteroatoms. The Morgan fingerprint density at radius 3 is 2.05 bits per heavy atom. The van der Waals surface area contributed by atoms with Crippen molar-refractivity contribution in [2.45, 2.75) is 37.8 Å². The maximum Gasteiger partial charge on any atom is 0.416 e. The van der Waals surface area contributed by atoms with Gasteiger partial charge in [-0.3, -0.25) is 0 Å². The molecule has 1 aliphatic rings. The molecular weight excluding hydrogens is 273 g/mol. The SMILES string of the molecule is FC(F)(F)c1ccc(C2CCC(C=CCl)CC2)cc1. The predicted octanol–water partition coefficient (Wildman–Crippen LogP) is 5.73. The van der Waals surface area contributed by atoms with Crippen molar-refractivity contribution in [1.82, 2.24) is 0 Å². The molecule has 0 amide bonds. The summed E-state index contributed by atoms with van der Waals surface area (Å²) in [6, 6.07) is 5.59. The fourth-order valence-electron chi connectivity index (χ4n) is 2.69. The highest BCUT2D eigenvalue weighted by Gasteiger charge is 2.30. The minimum atomic E-state index is -4.25. The summed E-state index contributed by atoms with van der Waals surface area (Å²) in [5.74, 6) is 0.894. The van der Waals surface area contributed by atoms with Crippen LogP contribution in [0.5, 0.6) is 0 Å². The van der Waals surface area contributed by atoms with Crippen LogP contribution in [0.25, 0.3) is 0 Å². The second-order valence-electron chi connectivity index (χ2n) is 5.05. The quantitative estimate of drug-likeness (QED) is 0.652. The minimum absolute atomic E-state index is 0.377. The summed E-state index contributed by atoms with van der Waals surface area (Å²) < 4.78 is 37.4. The zero-order valence-electron chi connectivity index (χ0n) is 10.5. The molecule has 0 N–H and O–H groups in total. The average molecular weight is 289 g/mol. The number of hydrogen-bond donors (Lipinski definition) is 0. The van der Waals surface area contributed by atoms with Gasteiger partial charge in [-0.25, -0.2) is 0 Å². The number of alkyl halides is 3. The van der Waals surface area contributed by atoms with E-state index in [1.807, 2.05) is 6.08 Å². The van der Waals surface area contributed by atoms with Gasteiger partial charge in [-0.1, -0.05) is 29.8 Å². The second-order valence-corrected chi connectivity index (χ2v) is 5.30. The van der Waals surface area contributed by atoms with Gasteiger partial charge >= 0.3 is 6.18 Å². The first-order valence-electron chi connectivity index (χ1n) is 6.44. The molecular formula is C15H16ClF3. The fraction of sp³-hybridized carbons (Fsp3) is 0.467. The highest BCUT2D eigenvalue weighted by atomic mass is 35.5. The molecule has 0 atom stereocenters. The Labute approximate surface area is 116 Å². The lowest BCUT2D eigenvalue weighted by Crippen LogP contribution is -2.12. The van der Waals surface area contributed by atoms with Crippen LogP contribution in [0, 0.1) is 5.92 Å². The van der Waals surface area contributed by atoms with Gasteiger partial charge in [0.1, 0.15) is 0 Å². The number of rotatable bonds is 2. The van der Waals surface area contributed by atoms with Gasteiger partial charge in [0.2, 0.25) is 0 Å². The summed E-state index contributed by atoms with van der Waals surface area (Å²) in [5, 5.41) is 0. The zero-order chi connectivity index (χ0) is 13.9. The molecule has 1 aromatic rings. The van der Waals surface area contributed by atoms with E-state index in [-0.39, 0.29) is 0 Å². The summed E-state index contributed by atoms with van der Waals surface area (Å²) in [6.45, 7) is 0. The van der Waals surface area contributed by atoms with Gasteiger partial charge in [0, 0.05) is 5.54 Å². The van der Waals surface area contributed by atoms with Gasteiger partial charge in [0.15, 0.2) is 0 Å². The maximum absolute atomic E-state index is 12.5. The average Bonchev–Trinajstić information content (AvgIpc) is 2.39. The summed E-state index contributed by atoms with van der Waals surface area (Å²) in [6.07, 6.45) is 1.88. The first-order chi connectivity index (χ1) is 9.00. The van der Waals surface area contributed by atoms with Crippen LogP contribution in [0.1, 0.15) is 42.7 Å². The summed E-state index contributed by atoms with van der Waals surface area (Å²) >= 11 is 5.56. The van der Waals surface area contributed by atoms with E-state index >= 15 is 0 Å². The Bertz CT molecular complexity index is 426. The van der Waals surface area contributed by atoms with Crippen molar-refractivity contribution in [2.24, 2.45) is 5.92 Å². The molecule has 1 fully saturated rings. The highest BCUT2D eigenvalue weighted by molar-refractivity contribution is 6.25. The molecule has 0 nitrogen and oxygen atoms in total. The molecule has 0 radical (unpaired) electrons. The van der Waals surface area contributed by atoms with Crippen molar-refractivity contribution in [1.29, 1.82) is 0 Å². The Hall–Kier alpha value is -0.960. The maximum atomic E-state index is 12.5. The van der Waals surface area contributed by atoms with Crippen molar-refractivity contribution < 1.29 is 13.2 Å². The van der Waals surface area contributed by atoms with Crippen molar-refractivity contribution >= 4 is 11.6 Å². The molecule has 1 aliphatic carbocycles. The molecule has 1 aromatic carbocycles. The molecule has 104 valence electrons. The third-order valence-electron chi connectivity index (χ3n) is 3.83. The van der Waals surface area contributed by atoms with E-state index in [1.165, 1.54) is 12.1 Å². The van der Waals surface area contributed by atoms with Crippen LogP contribution in [-0.2, 0) is 6.18 Å². The van der Waals surface area contributed by atoms with Gasteiger partial charge in [0.05, 0.1) is 5.56 Å². The smallest absolute Gasteiger partial charge is 0.166 e. The normalized spacial score (nSPS) is 24.8. The summed E-state index contributed by atoms with van der Waals surface area (Å²) in [5.41, 5.74) is 2.00. The molecule has 0 bridgehead atoms. The standard InChI is InChI=1S/C15H16ClF3/c16-10-9-11-1-3-12(4-2-11)13-5-7-14(8-6-13)15(17,18)19/h5-12H,1-4H2. The lowest BCUT2D eigenvalue weighted by atomic mass is 9.78. The highest BCUT2D eigenvalue weighted by Crippen LogP contribution is 2.37. The first kappa shape index (κ1) is 14.4. The van der Waals surface area contributed by atoms with E-state index in [2.05, 4.69) is 0 Å². The fourth-order valence-corrected chi connectivity index (χ4v) is 2.90. The molecule has 0 saturated heterocycles. The Balaban J connectivity index is 2.00. The zero-order valence-corrected chi connectivity index (χ0v) is 11.2.